The van der Waals surface area contributed by atoms with Crippen LogP contribution in [0.3, 0.4) is 0 Å². The summed E-state index contributed by atoms with van der Waals surface area (Å²) in [7, 11) is 3.02. The number of aromatic nitrogens is 4. The highest BCUT2D eigenvalue weighted by Crippen LogP contribution is 2.24. The summed E-state index contributed by atoms with van der Waals surface area (Å²) in [5.41, 5.74) is 0.655. The maximum absolute atomic E-state index is 12.7. The van der Waals surface area contributed by atoms with Crippen molar-refractivity contribution in [3.05, 3.63) is 55.7 Å². The lowest BCUT2D eigenvalue weighted by molar-refractivity contribution is 0.322. The molecule has 0 saturated carbocycles. The largest absolute Gasteiger partial charge is 0.396 e. The Hall–Kier alpha value is -2.03. The van der Waals surface area contributed by atoms with Crippen molar-refractivity contribution in [3.63, 3.8) is 0 Å². The molecule has 9 heteroatoms. The van der Waals surface area contributed by atoms with Crippen molar-refractivity contribution in [2.24, 2.45) is 14.1 Å². The number of rotatable bonds is 5. The van der Waals surface area contributed by atoms with E-state index >= 15 is 0 Å². The standard InChI is InChI=1S/C16H17ClN4O3S/c1-19-13-12(14(23)20(2)16(19)24)21(15(18-13)25-8-7-22)9-10-5-3-4-6-11(10)17/h3-6,22H,7-9H2,1-2H3. The van der Waals surface area contributed by atoms with Crippen molar-refractivity contribution in [2.75, 3.05) is 12.4 Å². The van der Waals surface area contributed by atoms with Gasteiger partial charge in [0.15, 0.2) is 16.3 Å². The first-order chi connectivity index (χ1) is 12.0. The van der Waals surface area contributed by atoms with Crippen molar-refractivity contribution >= 4 is 34.5 Å². The zero-order valence-electron chi connectivity index (χ0n) is 13.8. The third kappa shape index (κ3) is 3.12. The van der Waals surface area contributed by atoms with Crippen LogP contribution in [0.15, 0.2) is 39.0 Å². The maximum atomic E-state index is 12.7. The van der Waals surface area contributed by atoms with Gasteiger partial charge in [-0.2, -0.15) is 0 Å². The molecule has 3 aromatic rings. The molecule has 0 saturated heterocycles. The Morgan fingerprint density at radius 1 is 1.20 bits per heavy atom. The summed E-state index contributed by atoms with van der Waals surface area (Å²) in [6, 6.07) is 7.36. The normalized spacial score (nSPS) is 11.4. The van der Waals surface area contributed by atoms with Crippen molar-refractivity contribution in [2.45, 2.75) is 11.7 Å². The van der Waals surface area contributed by atoms with Gasteiger partial charge in [-0.1, -0.05) is 41.6 Å². The number of halogens is 1. The Kier molecular flexibility index (Phi) is 5.03. The Morgan fingerprint density at radius 2 is 1.92 bits per heavy atom. The van der Waals surface area contributed by atoms with Crippen LogP contribution in [0.2, 0.25) is 5.02 Å². The van der Waals surface area contributed by atoms with Crippen LogP contribution in [0, 0.1) is 0 Å². The van der Waals surface area contributed by atoms with E-state index in [4.69, 9.17) is 16.7 Å². The molecule has 7 nitrogen and oxygen atoms in total. The number of hydrogen-bond donors (Lipinski definition) is 1. The molecule has 1 N–H and O–H groups in total. The van der Waals surface area contributed by atoms with E-state index in [1.54, 1.807) is 17.7 Å². The second-order valence-corrected chi connectivity index (χ2v) is 6.99. The van der Waals surface area contributed by atoms with E-state index < -0.39 is 11.2 Å². The lowest BCUT2D eigenvalue weighted by atomic mass is 10.2. The first-order valence-corrected chi connectivity index (χ1v) is 8.95. The molecule has 1 aromatic carbocycles. The number of aliphatic hydroxyl groups excluding tert-OH is 1. The van der Waals surface area contributed by atoms with Crippen molar-refractivity contribution in [3.8, 4) is 0 Å². The van der Waals surface area contributed by atoms with E-state index in [1.807, 2.05) is 18.2 Å². The highest BCUT2D eigenvalue weighted by molar-refractivity contribution is 7.99. The molecule has 3 rings (SSSR count). The number of aryl methyl sites for hydroxylation is 1. The molecular weight excluding hydrogens is 364 g/mol. The number of hydrogen-bond acceptors (Lipinski definition) is 5. The number of benzene rings is 1. The van der Waals surface area contributed by atoms with Crippen LogP contribution in [0.1, 0.15) is 5.56 Å². The second kappa shape index (κ2) is 7.07. The zero-order chi connectivity index (χ0) is 18.1. The lowest BCUT2D eigenvalue weighted by Gasteiger charge is -2.10. The molecule has 0 atom stereocenters. The minimum atomic E-state index is -0.432. The molecule has 0 unspecified atom stereocenters. The van der Waals surface area contributed by atoms with Gasteiger partial charge in [-0.3, -0.25) is 13.9 Å². The van der Waals surface area contributed by atoms with E-state index in [0.29, 0.717) is 33.6 Å². The topological polar surface area (TPSA) is 82.1 Å². The van der Waals surface area contributed by atoms with E-state index in [0.717, 1.165) is 10.1 Å². The predicted molar refractivity (Wildman–Crippen MR) is 98.6 cm³/mol. The Morgan fingerprint density at radius 3 is 2.60 bits per heavy atom. The summed E-state index contributed by atoms with van der Waals surface area (Å²) in [5.74, 6) is 0.431. The Balaban J connectivity index is 2.29. The SMILES string of the molecule is Cn1c(=O)c2c(nc(SCCO)n2Cc2ccccc2Cl)n(C)c1=O. The maximum Gasteiger partial charge on any atom is 0.332 e. The van der Waals surface area contributed by atoms with Crippen LogP contribution in [0.25, 0.3) is 11.2 Å². The third-order valence-electron chi connectivity index (χ3n) is 3.92. The van der Waals surface area contributed by atoms with Crippen molar-refractivity contribution < 1.29 is 5.11 Å². The molecule has 0 bridgehead atoms. The fraction of sp³-hybridized carbons (Fsp3) is 0.312. The molecule has 2 heterocycles. The summed E-state index contributed by atoms with van der Waals surface area (Å²) in [4.78, 5) is 29.3. The summed E-state index contributed by atoms with van der Waals surface area (Å²) >= 11 is 7.58. The summed E-state index contributed by atoms with van der Waals surface area (Å²) in [6.07, 6.45) is 0. The van der Waals surface area contributed by atoms with Crippen LogP contribution >= 0.6 is 23.4 Å². The van der Waals surface area contributed by atoms with Gasteiger partial charge in [0, 0.05) is 24.9 Å². The monoisotopic (exact) mass is 380 g/mol. The van der Waals surface area contributed by atoms with E-state index in [2.05, 4.69) is 4.98 Å². The predicted octanol–water partition coefficient (Wildman–Crippen LogP) is 1.22. The highest BCUT2D eigenvalue weighted by Gasteiger charge is 2.20. The smallest absolute Gasteiger partial charge is 0.332 e. The molecule has 132 valence electrons. The van der Waals surface area contributed by atoms with Gasteiger partial charge in [0.1, 0.15) is 0 Å². The number of nitrogens with zero attached hydrogens (tertiary/aromatic N) is 4. The first-order valence-electron chi connectivity index (χ1n) is 7.59. The fourth-order valence-electron chi connectivity index (χ4n) is 2.62. The highest BCUT2D eigenvalue weighted by atomic mass is 35.5. The van der Waals surface area contributed by atoms with Crippen LogP contribution in [-0.4, -0.2) is 36.2 Å². The average Bonchev–Trinajstić information content (AvgIpc) is 2.96. The molecular formula is C16H17ClN4O3S. The van der Waals surface area contributed by atoms with Gasteiger partial charge in [0.05, 0.1) is 13.2 Å². The van der Waals surface area contributed by atoms with Crippen molar-refractivity contribution in [1.82, 2.24) is 18.7 Å². The minimum Gasteiger partial charge on any atom is -0.396 e. The summed E-state index contributed by atoms with van der Waals surface area (Å²) < 4.78 is 4.16. The van der Waals surface area contributed by atoms with Crippen LogP contribution < -0.4 is 11.2 Å². The second-order valence-electron chi connectivity index (χ2n) is 5.52. The molecule has 0 aliphatic rings. The van der Waals surface area contributed by atoms with E-state index in [-0.39, 0.29) is 6.61 Å². The Bertz CT molecular complexity index is 1050. The van der Waals surface area contributed by atoms with Gasteiger partial charge in [-0.25, -0.2) is 9.78 Å². The molecule has 25 heavy (non-hydrogen) atoms. The molecule has 2 aromatic heterocycles. The van der Waals surface area contributed by atoms with E-state index in [1.165, 1.54) is 23.4 Å². The van der Waals surface area contributed by atoms with Crippen LogP contribution in [-0.2, 0) is 20.6 Å². The van der Waals surface area contributed by atoms with Gasteiger partial charge in [-0.05, 0) is 11.6 Å². The number of fused-ring (bicyclic) bond motifs is 1. The first kappa shape index (κ1) is 17.8. The quantitative estimate of drug-likeness (QED) is 0.673. The molecule has 0 aliphatic heterocycles. The van der Waals surface area contributed by atoms with Gasteiger partial charge in [0.2, 0.25) is 0 Å². The fourth-order valence-corrected chi connectivity index (χ4v) is 3.55. The van der Waals surface area contributed by atoms with Gasteiger partial charge in [-0.15, -0.1) is 0 Å². The molecule has 0 amide bonds. The number of thioether (sulfide) groups is 1. The Labute approximate surface area is 152 Å². The van der Waals surface area contributed by atoms with Gasteiger partial charge >= 0.3 is 5.69 Å². The minimum absolute atomic E-state index is 0.0170. The molecule has 0 radical (unpaired) electrons. The van der Waals surface area contributed by atoms with Gasteiger partial charge in [0.25, 0.3) is 5.56 Å². The van der Waals surface area contributed by atoms with Crippen LogP contribution in [0.4, 0.5) is 0 Å². The molecule has 0 aliphatic carbocycles. The zero-order valence-corrected chi connectivity index (χ0v) is 15.3. The average molecular weight is 381 g/mol. The summed E-state index contributed by atoms with van der Waals surface area (Å²) in [6.45, 7) is 0.328. The molecule has 0 fully saturated rings. The number of aliphatic hydroxyl groups is 1. The van der Waals surface area contributed by atoms with Crippen LogP contribution in [0.5, 0.6) is 0 Å². The number of imidazole rings is 1. The summed E-state index contributed by atoms with van der Waals surface area (Å²) in [5, 5.41) is 10.3. The third-order valence-corrected chi connectivity index (χ3v) is 5.25. The lowest BCUT2D eigenvalue weighted by Crippen LogP contribution is -2.37. The van der Waals surface area contributed by atoms with E-state index in [9.17, 15) is 9.59 Å². The van der Waals surface area contributed by atoms with Gasteiger partial charge < -0.3 is 9.67 Å². The molecule has 0 spiro atoms. The van der Waals surface area contributed by atoms with Crippen molar-refractivity contribution in [1.29, 1.82) is 0 Å².